The van der Waals surface area contributed by atoms with E-state index in [1.165, 1.54) is 109 Å². The van der Waals surface area contributed by atoms with Gasteiger partial charge in [0.05, 0.1) is 0 Å². The Hall–Kier alpha value is -3.41. The normalized spacial score (nSPS) is 12.7. The van der Waals surface area contributed by atoms with Crippen LogP contribution in [0.2, 0.25) is 0 Å². The number of unbranched alkanes of at least 4 members (excludes halogenated alkanes) is 27. The molecule has 0 radical (unpaired) electrons. The number of hydrogen-bond donors (Lipinski definition) is 0. The molecule has 0 amide bonds. The molecule has 6 nitrogen and oxygen atoms in total. The number of carbonyl (C=O) groups is 3. The molecule has 1 atom stereocenters. The summed E-state index contributed by atoms with van der Waals surface area (Å²) in [5, 5.41) is 0. The molecule has 0 bridgehead atoms. The highest BCUT2D eigenvalue weighted by molar-refractivity contribution is 5.71. The van der Waals surface area contributed by atoms with Gasteiger partial charge in [-0.15, -0.1) is 0 Å². The maximum absolute atomic E-state index is 12.8. The smallest absolute Gasteiger partial charge is 0.306 e. The second kappa shape index (κ2) is 53.2. The first kappa shape index (κ1) is 61.6. The minimum Gasteiger partial charge on any atom is -0.462 e. The van der Waals surface area contributed by atoms with E-state index < -0.39 is 6.10 Å². The molecule has 0 aliphatic heterocycles. The van der Waals surface area contributed by atoms with Crippen molar-refractivity contribution < 1.29 is 28.6 Å². The van der Waals surface area contributed by atoms with Crippen LogP contribution < -0.4 is 0 Å². The summed E-state index contributed by atoms with van der Waals surface area (Å²) in [7, 11) is 0. The van der Waals surface area contributed by atoms with Crippen molar-refractivity contribution in [1.82, 2.24) is 0 Å². The highest BCUT2D eigenvalue weighted by atomic mass is 16.6. The summed E-state index contributed by atoms with van der Waals surface area (Å²) in [6, 6.07) is 0. The standard InChI is InChI=1S/C59H100O6/c1-4-7-10-13-16-19-22-25-27-29-30-32-34-37-40-43-46-49-52-58(61)64-55-56(54-63-57(60)51-48-45-42-39-36-33-24-21-18-15-12-9-6-3)65-59(62)53-50-47-44-41-38-35-31-28-26-23-20-17-14-11-8-5-2/h9,12,15,18,21,24,27-33,36,56H,4-8,10-11,13-14,16-17,19-20,22-23,25-26,34-35,37-55H2,1-3H3/b12-9+,18-15+,24-21+,29-27+,31-28+,32-30+,36-33+. The van der Waals surface area contributed by atoms with Gasteiger partial charge in [-0.05, 0) is 89.9 Å². The van der Waals surface area contributed by atoms with Gasteiger partial charge in [0.15, 0.2) is 6.10 Å². The van der Waals surface area contributed by atoms with E-state index in [0.29, 0.717) is 19.3 Å². The van der Waals surface area contributed by atoms with Crippen molar-refractivity contribution in [3.8, 4) is 0 Å². The predicted octanol–water partition coefficient (Wildman–Crippen LogP) is 18.0. The van der Waals surface area contributed by atoms with Crippen molar-refractivity contribution in [2.45, 2.75) is 258 Å². The van der Waals surface area contributed by atoms with Gasteiger partial charge in [0, 0.05) is 19.3 Å². The lowest BCUT2D eigenvalue weighted by atomic mass is 10.1. The number of carbonyl (C=O) groups excluding carboxylic acids is 3. The molecule has 0 saturated carbocycles. The SMILES string of the molecule is CC/C=C/C=C/C=C/C=C/CCCCCC(=O)OCC(COC(=O)CCCCCCC/C=C/C=C/CCCCCCCCC)OC(=O)CCCCCCC/C=C/CCCCCCCCC. The highest BCUT2D eigenvalue weighted by Gasteiger charge is 2.19. The summed E-state index contributed by atoms with van der Waals surface area (Å²) in [6.07, 6.45) is 68.6. The lowest BCUT2D eigenvalue weighted by Gasteiger charge is -2.18. The first-order valence-electron chi connectivity index (χ1n) is 27.2. The fourth-order valence-electron chi connectivity index (χ4n) is 7.38. The fraction of sp³-hybridized carbons (Fsp3) is 0.712. The molecule has 0 spiro atoms. The predicted molar refractivity (Wildman–Crippen MR) is 279 cm³/mol. The number of ether oxygens (including phenoxy) is 3. The minimum absolute atomic E-state index is 0.101. The van der Waals surface area contributed by atoms with Gasteiger partial charge in [-0.25, -0.2) is 0 Å². The molecule has 0 heterocycles. The average Bonchev–Trinajstić information content (AvgIpc) is 3.30. The second-order valence-corrected chi connectivity index (χ2v) is 17.9. The first-order valence-corrected chi connectivity index (χ1v) is 27.2. The summed E-state index contributed by atoms with van der Waals surface area (Å²) >= 11 is 0. The zero-order valence-electron chi connectivity index (χ0n) is 42.5. The van der Waals surface area contributed by atoms with Gasteiger partial charge in [-0.1, -0.05) is 228 Å². The van der Waals surface area contributed by atoms with E-state index in [9.17, 15) is 14.4 Å². The monoisotopic (exact) mass is 905 g/mol. The topological polar surface area (TPSA) is 78.9 Å². The van der Waals surface area contributed by atoms with Crippen LogP contribution in [-0.4, -0.2) is 37.2 Å². The van der Waals surface area contributed by atoms with E-state index in [4.69, 9.17) is 14.2 Å². The zero-order valence-corrected chi connectivity index (χ0v) is 42.5. The van der Waals surface area contributed by atoms with Gasteiger partial charge < -0.3 is 14.2 Å². The summed E-state index contributed by atoms with van der Waals surface area (Å²) in [6.45, 7) is 6.44. The van der Waals surface area contributed by atoms with Crippen molar-refractivity contribution in [3.05, 3.63) is 85.1 Å². The molecule has 0 rings (SSSR count). The molecule has 0 aromatic heterocycles. The summed E-state index contributed by atoms with van der Waals surface area (Å²) < 4.78 is 16.8. The Morgan fingerprint density at radius 1 is 0.323 bits per heavy atom. The lowest BCUT2D eigenvalue weighted by molar-refractivity contribution is -0.167. The van der Waals surface area contributed by atoms with E-state index in [0.717, 1.165) is 103 Å². The van der Waals surface area contributed by atoms with Gasteiger partial charge in [-0.2, -0.15) is 0 Å². The molecule has 1 unspecified atom stereocenters. The molecular formula is C59H100O6. The van der Waals surface area contributed by atoms with Crippen molar-refractivity contribution in [3.63, 3.8) is 0 Å². The maximum Gasteiger partial charge on any atom is 0.306 e. The average molecular weight is 905 g/mol. The van der Waals surface area contributed by atoms with Gasteiger partial charge >= 0.3 is 17.9 Å². The molecule has 372 valence electrons. The molecular weight excluding hydrogens is 805 g/mol. The van der Waals surface area contributed by atoms with Gasteiger partial charge in [0.1, 0.15) is 13.2 Å². The minimum atomic E-state index is -0.804. The Bertz CT molecular complexity index is 1270. The van der Waals surface area contributed by atoms with Crippen molar-refractivity contribution in [1.29, 1.82) is 0 Å². The van der Waals surface area contributed by atoms with Crippen molar-refractivity contribution in [2.75, 3.05) is 13.2 Å². The van der Waals surface area contributed by atoms with Crippen LogP contribution in [0.25, 0.3) is 0 Å². The Morgan fingerprint density at radius 3 is 1.02 bits per heavy atom. The van der Waals surface area contributed by atoms with E-state index in [1.807, 2.05) is 36.5 Å². The van der Waals surface area contributed by atoms with E-state index in [1.54, 1.807) is 0 Å². The Labute approximate surface area is 401 Å². The summed E-state index contributed by atoms with van der Waals surface area (Å²) in [5.74, 6) is -0.962. The highest BCUT2D eigenvalue weighted by Crippen LogP contribution is 2.14. The molecule has 65 heavy (non-hydrogen) atoms. The van der Waals surface area contributed by atoms with Crippen LogP contribution in [0.4, 0.5) is 0 Å². The lowest BCUT2D eigenvalue weighted by Crippen LogP contribution is -2.30. The van der Waals surface area contributed by atoms with Crippen molar-refractivity contribution in [2.24, 2.45) is 0 Å². The summed E-state index contributed by atoms with van der Waals surface area (Å²) in [4.78, 5) is 38.0. The Balaban J connectivity index is 4.46. The maximum atomic E-state index is 12.8. The van der Waals surface area contributed by atoms with E-state index in [2.05, 4.69) is 69.4 Å². The third-order valence-corrected chi connectivity index (χ3v) is 11.5. The van der Waals surface area contributed by atoms with Crippen LogP contribution in [0.3, 0.4) is 0 Å². The number of esters is 3. The Morgan fingerprint density at radius 2 is 0.615 bits per heavy atom. The molecule has 0 aromatic rings. The van der Waals surface area contributed by atoms with Gasteiger partial charge in [0.2, 0.25) is 0 Å². The molecule has 0 aliphatic rings. The fourth-order valence-corrected chi connectivity index (χ4v) is 7.38. The van der Waals surface area contributed by atoms with Gasteiger partial charge in [-0.3, -0.25) is 14.4 Å². The molecule has 0 aromatic carbocycles. The van der Waals surface area contributed by atoms with Crippen LogP contribution >= 0.6 is 0 Å². The molecule has 0 aliphatic carbocycles. The van der Waals surface area contributed by atoms with Crippen LogP contribution in [0, 0.1) is 0 Å². The molecule has 6 heteroatoms. The zero-order chi connectivity index (χ0) is 47.2. The van der Waals surface area contributed by atoms with Crippen molar-refractivity contribution >= 4 is 17.9 Å². The molecule has 0 fully saturated rings. The summed E-state index contributed by atoms with van der Waals surface area (Å²) in [5.41, 5.74) is 0. The third-order valence-electron chi connectivity index (χ3n) is 11.5. The van der Waals surface area contributed by atoms with Crippen LogP contribution in [0.5, 0.6) is 0 Å². The molecule has 0 N–H and O–H groups in total. The van der Waals surface area contributed by atoms with E-state index in [-0.39, 0.29) is 31.1 Å². The molecule has 0 saturated heterocycles. The second-order valence-electron chi connectivity index (χ2n) is 17.9. The van der Waals surface area contributed by atoms with Crippen LogP contribution in [0.15, 0.2) is 85.1 Å². The van der Waals surface area contributed by atoms with E-state index >= 15 is 0 Å². The number of hydrogen-bond acceptors (Lipinski definition) is 6. The number of rotatable bonds is 48. The quantitative estimate of drug-likeness (QED) is 0.0199. The first-order chi connectivity index (χ1) is 32.0. The Kier molecular flexibility index (Phi) is 50.4. The van der Waals surface area contributed by atoms with Crippen LogP contribution in [0.1, 0.15) is 252 Å². The third kappa shape index (κ3) is 51.4. The largest absolute Gasteiger partial charge is 0.462 e. The number of allylic oxidation sites excluding steroid dienone is 14. The van der Waals surface area contributed by atoms with Crippen LogP contribution in [-0.2, 0) is 28.6 Å². The van der Waals surface area contributed by atoms with Gasteiger partial charge in [0.25, 0.3) is 0 Å².